The number of aromatic nitrogens is 1. The van der Waals surface area contributed by atoms with Crippen molar-refractivity contribution in [3.8, 4) is 22.8 Å². The number of carbonyl (C=O) groups excluding carboxylic acids is 2. The fourth-order valence-electron chi connectivity index (χ4n) is 4.88. The van der Waals surface area contributed by atoms with E-state index in [0.717, 1.165) is 19.6 Å². The first-order chi connectivity index (χ1) is 17.0. The summed E-state index contributed by atoms with van der Waals surface area (Å²) in [5.41, 5.74) is 4.11. The summed E-state index contributed by atoms with van der Waals surface area (Å²) < 4.78 is 17.5. The maximum Gasteiger partial charge on any atom is 0.281 e. The van der Waals surface area contributed by atoms with E-state index in [0.29, 0.717) is 53.2 Å². The van der Waals surface area contributed by atoms with Gasteiger partial charge in [-0.2, -0.15) is 0 Å². The molecule has 182 valence electrons. The first kappa shape index (κ1) is 23.1. The smallest absolute Gasteiger partial charge is 0.281 e. The molecule has 1 aliphatic heterocycles. The van der Waals surface area contributed by atoms with Crippen LogP contribution >= 0.6 is 0 Å². The molecule has 3 aromatic rings. The largest absolute Gasteiger partial charge is 0.493 e. The van der Waals surface area contributed by atoms with Crippen LogP contribution in [0, 0.1) is 0 Å². The van der Waals surface area contributed by atoms with Crippen molar-refractivity contribution in [2.24, 2.45) is 0 Å². The van der Waals surface area contributed by atoms with Gasteiger partial charge in [-0.05, 0) is 25.1 Å². The minimum absolute atomic E-state index is 0.181. The van der Waals surface area contributed by atoms with Crippen molar-refractivity contribution >= 4 is 22.5 Å². The molecule has 9 nitrogen and oxygen atoms in total. The molecule has 0 atom stereocenters. The van der Waals surface area contributed by atoms with Crippen LogP contribution < -0.4 is 20.5 Å². The Morgan fingerprint density at radius 3 is 2.49 bits per heavy atom. The second-order valence-corrected chi connectivity index (χ2v) is 8.56. The third-order valence-electron chi connectivity index (χ3n) is 6.56. The summed E-state index contributed by atoms with van der Waals surface area (Å²) in [7, 11) is 2.92. The Bertz CT molecular complexity index is 1370. The lowest BCUT2D eigenvalue weighted by Gasteiger charge is -2.26. The number of ketones is 1. The summed E-state index contributed by atoms with van der Waals surface area (Å²) in [6, 6.07) is 10.5. The zero-order chi connectivity index (χ0) is 24.5. The number of hydrogen-bond donors (Lipinski definition) is 1. The summed E-state index contributed by atoms with van der Waals surface area (Å²) in [5.74, 6) is 0.0732. The van der Waals surface area contributed by atoms with Crippen LogP contribution in [0.25, 0.3) is 22.0 Å². The number of fused-ring (bicyclic) bond motifs is 5. The molecule has 2 aromatic carbocycles. The van der Waals surface area contributed by atoms with Gasteiger partial charge in [0.1, 0.15) is 0 Å². The number of nitrogens with one attached hydrogen (secondary N) is 1. The summed E-state index contributed by atoms with van der Waals surface area (Å²) in [5, 5.41) is 0.641. The quantitative estimate of drug-likeness (QED) is 0.436. The normalized spacial score (nSPS) is 15.1. The second kappa shape index (κ2) is 9.52. The fraction of sp³-hybridized carbons (Fsp3) is 0.346. The van der Waals surface area contributed by atoms with Crippen molar-refractivity contribution < 1.29 is 23.8 Å². The van der Waals surface area contributed by atoms with Gasteiger partial charge < -0.3 is 14.2 Å². The molecule has 5 rings (SSSR count). The number of benzene rings is 2. The van der Waals surface area contributed by atoms with Gasteiger partial charge in [0.2, 0.25) is 5.91 Å². The van der Waals surface area contributed by atoms with Crippen LogP contribution in [0.15, 0.2) is 41.2 Å². The van der Waals surface area contributed by atoms with E-state index in [1.165, 1.54) is 18.9 Å². The van der Waals surface area contributed by atoms with E-state index in [-0.39, 0.29) is 29.2 Å². The van der Waals surface area contributed by atoms with Gasteiger partial charge in [-0.15, -0.1) is 0 Å². The minimum Gasteiger partial charge on any atom is -0.493 e. The van der Waals surface area contributed by atoms with Gasteiger partial charge in [-0.3, -0.25) is 24.7 Å². The Balaban J connectivity index is 1.57. The Morgan fingerprint density at radius 1 is 1.03 bits per heavy atom. The van der Waals surface area contributed by atoms with Gasteiger partial charge in [-0.25, -0.2) is 4.68 Å². The molecular weight excluding hydrogens is 450 g/mol. The van der Waals surface area contributed by atoms with Gasteiger partial charge in [0, 0.05) is 36.0 Å². The first-order valence-corrected chi connectivity index (χ1v) is 11.6. The van der Waals surface area contributed by atoms with Gasteiger partial charge in [-0.1, -0.05) is 24.3 Å². The number of hydrogen-bond acceptors (Lipinski definition) is 7. The first-order valence-electron chi connectivity index (χ1n) is 11.6. The predicted octanol–water partition coefficient (Wildman–Crippen LogP) is 2.41. The molecule has 0 radical (unpaired) electrons. The number of morpholine rings is 1. The third kappa shape index (κ3) is 3.96. The Kier molecular flexibility index (Phi) is 6.27. The zero-order valence-electron chi connectivity index (χ0n) is 19.8. The van der Waals surface area contributed by atoms with Crippen LogP contribution in [-0.4, -0.2) is 68.3 Å². The molecule has 1 aromatic heterocycles. The lowest BCUT2D eigenvalue weighted by Crippen LogP contribution is -2.38. The lowest BCUT2D eigenvalue weighted by molar-refractivity contribution is -0.117. The van der Waals surface area contributed by atoms with E-state index in [1.54, 1.807) is 36.4 Å². The van der Waals surface area contributed by atoms with Crippen LogP contribution in [0.3, 0.4) is 0 Å². The SMILES string of the molecule is COc1ccc2c3c(n(NC(=O)CCCN4CCOCC4)c(=O)c2c1OC)-c1ccccc1C3=O. The molecule has 2 heterocycles. The van der Waals surface area contributed by atoms with Crippen LogP contribution in [0.1, 0.15) is 28.8 Å². The molecule has 0 unspecified atom stereocenters. The number of ether oxygens (including phenoxy) is 3. The van der Waals surface area contributed by atoms with Crippen molar-refractivity contribution in [2.75, 3.05) is 52.5 Å². The molecule has 35 heavy (non-hydrogen) atoms. The Labute approximate surface area is 202 Å². The van der Waals surface area contributed by atoms with E-state index < -0.39 is 5.56 Å². The van der Waals surface area contributed by atoms with E-state index in [4.69, 9.17) is 14.2 Å². The Morgan fingerprint density at radius 2 is 1.77 bits per heavy atom. The van der Waals surface area contributed by atoms with E-state index in [9.17, 15) is 14.4 Å². The summed E-state index contributed by atoms with van der Waals surface area (Å²) >= 11 is 0. The monoisotopic (exact) mass is 477 g/mol. The molecule has 1 amide bonds. The summed E-state index contributed by atoms with van der Waals surface area (Å²) in [6.07, 6.45) is 0.879. The molecule has 2 aliphatic rings. The average Bonchev–Trinajstić information content (AvgIpc) is 3.18. The molecule has 1 aliphatic carbocycles. The highest BCUT2D eigenvalue weighted by Crippen LogP contribution is 2.42. The van der Waals surface area contributed by atoms with Crippen LogP contribution in [0.4, 0.5) is 0 Å². The zero-order valence-corrected chi connectivity index (χ0v) is 19.8. The van der Waals surface area contributed by atoms with Crippen molar-refractivity contribution in [1.82, 2.24) is 9.58 Å². The van der Waals surface area contributed by atoms with Gasteiger partial charge in [0.25, 0.3) is 5.56 Å². The molecule has 1 fully saturated rings. The highest BCUT2D eigenvalue weighted by molar-refractivity contribution is 6.27. The molecule has 0 bridgehead atoms. The minimum atomic E-state index is -0.486. The van der Waals surface area contributed by atoms with Crippen molar-refractivity contribution in [3.05, 3.63) is 57.9 Å². The molecule has 0 saturated carbocycles. The maximum absolute atomic E-state index is 13.8. The summed E-state index contributed by atoms with van der Waals surface area (Å²) in [6.45, 7) is 3.86. The van der Waals surface area contributed by atoms with Crippen LogP contribution in [0.2, 0.25) is 0 Å². The topological polar surface area (TPSA) is 99.1 Å². The fourth-order valence-corrected chi connectivity index (χ4v) is 4.88. The lowest BCUT2D eigenvalue weighted by atomic mass is 10.0. The number of nitrogens with zero attached hydrogens (tertiary/aromatic N) is 2. The second-order valence-electron chi connectivity index (χ2n) is 8.56. The standard InChI is InChI=1S/C26H27N3O6/c1-33-19-10-9-18-21-23(16-6-3-4-7-17(16)24(21)31)29(26(32)22(18)25(19)34-2)27-20(30)8-5-11-28-12-14-35-15-13-28/h3-4,6-7,9-10H,5,8,11-15H2,1-2H3,(H,27,30). The molecule has 0 spiro atoms. The number of pyridine rings is 1. The molecular formula is C26H27N3O6. The van der Waals surface area contributed by atoms with Gasteiger partial charge >= 0.3 is 0 Å². The van der Waals surface area contributed by atoms with Gasteiger partial charge in [0.15, 0.2) is 17.3 Å². The molecule has 1 N–H and O–H groups in total. The third-order valence-corrected chi connectivity index (χ3v) is 6.56. The highest BCUT2D eigenvalue weighted by Gasteiger charge is 2.34. The molecule has 9 heteroatoms. The van der Waals surface area contributed by atoms with E-state index in [1.807, 2.05) is 0 Å². The van der Waals surface area contributed by atoms with Crippen LogP contribution in [0.5, 0.6) is 11.5 Å². The van der Waals surface area contributed by atoms with Gasteiger partial charge in [0.05, 0.1) is 44.1 Å². The molecule has 1 saturated heterocycles. The van der Waals surface area contributed by atoms with Crippen molar-refractivity contribution in [3.63, 3.8) is 0 Å². The van der Waals surface area contributed by atoms with Crippen molar-refractivity contribution in [1.29, 1.82) is 0 Å². The number of amides is 1. The number of rotatable bonds is 7. The number of carbonyl (C=O) groups is 2. The van der Waals surface area contributed by atoms with E-state index in [2.05, 4.69) is 10.3 Å². The Hall–Kier alpha value is -3.69. The summed E-state index contributed by atoms with van der Waals surface area (Å²) in [4.78, 5) is 42.4. The predicted molar refractivity (Wildman–Crippen MR) is 131 cm³/mol. The van der Waals surface area contributed by atoms with Crippen LogP contribution in [-0.2, 0) is 9.53 Å². The average molecular weight is 478 g/mol. The highest BCUT2D eigenvalue weighted by atomic mass is 16.5. The van der Waals surface area contributed by atoms with E-state index >= 15 is 0 Å². The maximum atomic E-state index is 13.8. The number of methoxy groups -OCH3 is 2. The van der Waals surface area contributed by atoms with Crippen molar-refractivity contribution in [2.45, 2.75) is 12.8 Å².